The van der Waals surface area contributed by atoms with Crippen LogP contribution in [0.5, 0.6) is 0 Å². The zero-order chi connectivity index (χ0) is 18.7. The molecule has 0 saturated carbocycles. The molecule has 10 N–H and O–H groups in total. The van der Waals surface area contributed by atoms with Crippen LogP contribution in [0.4, 0.5) is 0 Å². The van der Waals surface area contributed by atoms with Crippen molar-refractivity contribution in [3.63, 3.8) is 0 Å². The van der Waals surface area contributed by atoms with E-state index >= 15 is 0 Å². The first-order valence-electron chi connectivity index (χ1n) is 6.94. The minimum absolute atomic E-state index is 1.10. The van der Waals surface area contributed by atoms with E-state index in [9.17, 15) is 0 Å². The molecule has 10 nitrogen and oxygen atoms in total. The van der Waals surface area contributed by atoms with E-state index in [1.165, 1.54) is 38.5 Å². The molecule has 0 unspecified atom stereocenters. The van der Waals surface area contributed by atoms with E-state index in [0.717, 1.165) is 13.1 Å². The number of hydrogen-bond acceptors (Lipinski definition) is 4. The minimum atomic E-state index is -5.38. The van der Waals surface area contributed by atoms with Gasteiger partial charge in [0.2, 0.25) is 0 Å². The first-order chi connectivity index (χ1) is 9.83. The summed E-state index contributed by atoms with van der Waals surface area (Å²) in [5, 5.41) is 0. The molecule has 0 aliphatic rings. The molecule has 0 amide bonds. The molecule has 12 heteroatoms. The Morgan fingerprint density at radius 3 is 0.955 bits per heavy atom. The first kappa shape index (κ1) is 30.3. The Bertz CT molecular complexity index is 230. The van der Waals surface area contributed by atoms with Crippen LogP contribution in [0.1, 0.15) is 52.4 Å². The molecular formula is C10H32As2N2O8. The van der Waals surface area contributed by atoms with E-state index in [-0.39, 0.29) is 0 Å². The Kier molecular flexibility index (Phi) is 29.5. The summed E-state index contributed by atoms with van der Waals surface area (Å²) in [5.41, 5.74) is 7.45. The van der Waals surface area contributed by atoms with Crippen molar-refractivity contribution in [1.29, 1.82) is 0 Å². The van der Waals surface area contributed by atoms with Crippen LogP contribution in [0.15, 0.2) is 0 Å². The Balaban J connectivity index is -0.0000000986. The third-order valence-electron chi connectivity index (χ3n) is 1.71. The second-order valence-corrected chi connectivity index (χ2v) is 8.22. The maximum atomic E-state index is 8.83. The average Bonchev–Trinajstić information content (AvgIpc) is 2.30. The van der Waals surface area contributed by atoms with Crippen molar-refractivity contribution in [2.75, 3.05) is 13.1 Å². The van der Waals surface area contributed by atoms with Crippen LogP contribution in [0.2, 0.25) is 0 Å². The number of unbranched alkanes of at least 4 members (excludes halogenated alkanes) is 4. The topological polar surface area (TPSA) is 216 Å². The summed E-state index contributed by atoms with van der Waals surface area (Å²) >= 11 is -10.8. The molecule has 0 saturated heterocycles. The van der Waals surface area contributed by atoms with E-state index in [2.05, 4.69) is 25.3 Å². The van der Waals surface area contributed by atoms with Gasteiger partial charge in [0.1, 0.15) is 0 Å². The van der Waals surface area contributed by atoms with Gasteiger partial charge in [-0.2, -0.15) is 0 Å². The summed E-state index contributed by atoms with van der Waals surface area (Å²) < 4.78 is 63.9. The molecule has 0 spiro atoms. The predicted octanol–water partition coefficient (Wildman–Crippen LogP) is -4.77. The van der Waals surface area contributed by atoms with E-state index in [4.69, 9.17) is 32.1 Å². The van der Waals surface area contributed by atoms with Gasteiger partial charge in [0.25, 0.3) is 0 Å². The summed E-state index contributed by atoms with van der Waals surface area (Å²) in [5.74, 6) is 0. The van der Waals surface area contributed by atoms with Crippen molar-refractivity contribution in [3.8, 4) is 0 Å². The molecule has 22 heavy (non-hydrogen) atoms. The van der Waals surface area contributed by atoms with Crippen LogP contribution < -0.4 is 19.7 Å². The Labute approximate surface area is 138 Å². The van der Waals surface area contributed by atoms with Crippen molar-refractivity contribution in [2.24, 2.45) is 0 Å². The molecule has 140 valence electrons. The van der Waals surface area contributed by atoms with Gasteiger partial charge in [-0.3, -0.25) is 0 Å². The third kappa shape index (κ3) is 188. The van der Waals surface area contributed by atoms with Crippen molar-refractivity contribution < 1.29 is 43.5 Å². The van der Waals surface area contributed by atoms with Crippen molar-refractivity contribution >= 4 is 29.0 Å². The summed E-state index contributed by atoms with van der Waals surface area (Å²) in [7, 11) is 0. The zero-order valence-electron chi connectivity index (χ0n) is 13.4. The Morgan fingerprint density at radius 2 is 0.909 bits per heavy atom. The van der Waals surface area contributed by atoms with Gasteiger partial charge in [0.15, 0.2) is 0 Å². The van der Waals surface area contributed by atoms with Gasteiger partial charge in [0.05, 0.1) is 13.1 Å². The molecule has 0 aromatic carbocycles. The normalized spacial score (nSPS) is 10.3. The molecular weight excluding hydrogens is 426 g/mol. The van der Waals surface area contributed by atoms with Gasteiger partial charge >= 0.3 is 61.1 Å². The van der Waals surface area contributed by atoms with Gasteiger partial charge in [-0.05, 0) is 25.7 Å². The van der Waals surface area contributed by atoms with Gasteiger partial charge in [-0.25, -0.2) is 0 Å². The molecule has 0 aliphatic heterocycles. The van der Waals surface area contributed by atoms with Crippen LogP contribution in [0, 0.1) is 0 Å². The van der Waals surface area contributed by atoms with Crippen LogP contribution in [0.25, 0.3) is 0 Å². The summed E-state index contributed by atoms with van der Waals surface area (Å²) in [6.45, 7) is 6.62. The van der Waals surface area contributed by atoms with Gasteiger partial charge < -0.3 is 11.5 Å². The molecule has 0 bridgehead atoms. The SMILES string of the molecule is CCCCC[NH3+].CCCCC[NH3+].O=[As]([O-])(O)O.O=[As]([O-])(O)O. The fourth-order valence-electron chi connectivity index (χ4n) is 0.854. The fourth-order valence-corrected chi connectivity index (χ4v) is 0.854. The van der Waals surface area contributed by atoms with Crippen LogP contribution >= 0.6 is 0 Å². The average molecular weight is 458 g/mol. The van der Waals surface area contributed by atoms with Crippen LogP contribution in [-0.2, 0) is 7.48 Å². The van der Waals surface area contributed by atoms with E-state index in [1.54, 1.807) is 0 Å². The summed E-state index contributed by atoms with van der Waals surface area (Å²) in [4.78, 5) is 0. The third-order valence-corrected chi connectivity index (χ3v) is 1.71. The molecule has 0 fully saturated rings. The Morgan fingerprint density at radius 1 is 0.727 bits per heavy atom. The predicted molar refractivity (Wildman–Crippen MR) is 76.3 cm³/mol. The van der Waals surface area contributed by atoms with E-state index in [1.807, 2.05) is 0 Å². The monoisotopic (exact) mass is 458 g/mol. The molecule has 0 aromatic rings. The number of rotatable bonds is 6. The van der Waals surface area contributed by atoms with Gasteiger partial charge in [0, 0.05) is 0 Å². The molecule has 0 heterocycles. The van der Waals surface area contributed by atoms with Gasteiger partial charge in [-0.15, -0.1) is 0 Å². The van der Waals surface area contributed by atoms with Crippen molar-refractivity contribution in [1.82, 2.24) is 0 Å². The van der Waals surface area contributed by atoms with E-state index in [0.29, 0.717) is 0 Å². The zero-order valence-corrected chi connectivity index (χ0v) is 17.1. The number of quaternary nitrogens is 2. The first-order valence-corrected chi connectivity index (χ1v) is 13.4. The summed E-state index contributed by atoms with van der Waals surface area (Å²) in [6.07, 6.45) is 7.94. The van der Waals surface area contributed by atoms with Crippen LogP contribution in [0.3, 0.4) is 0 Å². The Hall–Kier alpha value is 0.397. The maximum absolute atomic E-state index is 8.83. The van der Waals surface area contributed by atoms with Crippen molar-refractivity contribution in [2.45, 2.75) is 52.4 Å². The molecule has 0 aromatic heterocycles. The fraction of sp³-hybridized carbons (Fsp3) is 1.00. The van der Waals surface area contributed by atoms with Crippen LogP contribution in [-0.4, -0.2) is 58.5 Å². The number of hydrogen-bond donors (Lipinski definition) is 6. The molecule has 0 atom stereocenters. The van der Waals surface area contributed by atoms with E-state index < -0.39 is 29.0 Å². The van der Waals surface area contributed by atoms with Gasteiger partial charge in [-0.1, -0.05) is 26.7 Å². The summed E-state index contributed by atoms with van der Waals surface area (Å²) in [6, 6.07) is 0. The molecule has 0 aliphatic carbocycles. The molecule has 0 radical (unpaired) electrons. The molecule has 0 rings (SSSR count). The second kappa shape index (κ2) is 21.4. The standard InChI is InChI=1S/2C5H13N.2AsH3O4/c2*1-2-3-4-5-6;2*2-1(3,4)5/h2*2-6H2,1H3;2*(H3,2,3,4,5). The second-order valence-electron chi connectivity index (χ2n) is 4.10. The quantitative estimate of drug-likeness (QED) is 0.167. The van der Waals surface area contributed by atoms with Crippen molar-refractivity contribution in [3.05, 3.63) is 0 Å².